The zero-order valence-corrected chi connectivity index (χ0v) is 27.0. The number of hydrogen-bond donors (Lipinski definition) is 0. The van der Waals surface area contributed by atoms with Gasteiger partial charge < -0.3 is 4.90 Å². The third kappa shape index (κ3) is 5.23. The quantitative estimate of drug-likeness (QED) is 0.167. The third-order valence-corrected chi connectivity index (χ3v) is 9.64. The Kier molecular flexibility index (Phi) is 7.22. The molecular formula is C48H33N. The lowest BCUT2D eigenvalue weighted by Crippen LogP contribution is -2.12. The highest BCUT2D eigenvalue weighted by molar-refractivity contribution is 6.15. The topological polar surface area (TPSA) is 3.24 Å². The SMILES string of the molecule is c1ccc(-c2ccccc2N(c2ccc(-c3ccc4ccccc4c3)cc2)c2ccccc2-c2cc3ccccc3c3ccccc23)cc1. The molecule has 0 saturated heterocycles. The lowest BCUT2D eigenvalue weighted by Gasteiger charge is -2.30. The molecule has 0 atom stereocenters. The van der Waals surface area contributed by atoms with Crippen LogP contribution < -0.4 is 4.90 Å². The maximum atomic E-state index is 2.44. The van der Waals surface area contributed by atoms with E-state index in [2.05, 4.69) is 205 Å². The van der Waals surface area contributed by atoms with Crippen LogP contribution in [0.25, 0.3) is 65.7 Å². The van der Waals surface area contributed by atoms with Crippen LogP contribution in [0, 0.1) is 0 Å². The van der Waals surface area contributed by atoms with Gasteiger partial charge in [-0.3, -0.25) is 0 Å². The first kappa shape index (κ1) is 28.8. The van der Waals surface area contributed by atoms with Crippen molar-refractivity contribution >= 4 is 49.4 Å². The van der Waals surface area contributed by atoms with E-state index < -0.39 is 0 Å². The monoisotopic (exact) mass is 623 g/mol. The summed E-state index contributed by atoms with van der Waals surface area (Å²) >= 11 is 0. The Bertz CT molecular complexity index is 2600. The summed E-state index contributed by atoms with van der Waals surface area (Å²) in [5, 5.41) is 7.53. The van der Waals surface area contributed by atoms with Gasteiger partial charge in [0.05, 0.1) is 11.4 Å². The van der Waals surface area contributed by atoms with Gasteiger partial charge in [-0.2, -0.15) is 0 Å². The predicted octanol–water partition coefficient (Wildman–Crippen LogP) is 13.6. The number of rotatable bonds is 6. The Morgan fingerprint density at radius 3 is 1.59 bits per heavy atom. The summed E-state index contributed by atoms with van der Waals surface area (Å²) in [6.45, 7) is 0. The molecule has 9 rings (SSSR count). The maximum Gasteiger partial charge on any atom is 0.0540 e. The second kappa shape index (κ2) is 12.3. The minimum atomic E-state index is 1.10. The fourth-order valence-corrected chi connectivity index (χ4v) is 7.28. The van der Waals surface area contributed by atoms with Gasteiger partial charge in [-0.15, -0.1) is 0 Å². The van der Waals surface area contributed by atoms with Crippen molar-refractivity contribution in [1.29, 1.82) is 0 Å². The molecule has 230 valence electrons. The van der Waals surface area contributed by atoms with E-state index in [0.29, 0.717) is 0 Å². The van der Waals surface area contributed by atoms with Crippen LogP contribution >= 0.6 is 0 Å². The van der Waals surface area contributed by atoms with Gasteiger partial charge in [0.1, 0.15) is 0 Å². The molecule has 0 N–H and O–H groups in total. The summed E-state index contributed by atoms with van der Waals surface area (Å²) in [7, 11) is 0. The predicted molar refractivity (Wildman–Crippen MR) is 210 cm³/mol. The van der Waals surface area contributed by atoms with E-state index in [0.717, 1.165) is 17.1 Å². The molecule has 0 aliphatic rings. The molecule has 0 amide bonds. The lowest BCUT2D eigenvalue weighted by atomic mass is 9.91. The fourth-order valence-electron chi connectivity index (χ4n) is 7.28. The Balaban J connectivity index is 1.27. The van der Waals surface area contributed by atoms with E-state index in [1.165, 1.54) is 65.7 Å². The van der Waals surface area contributed by atoms with Gasteiger partial charge in [-0.1, -0.05) is 164 Å². The van der Waals surface area contributed by atoms with E-state index in [-0.39, 0.29) is 0 Å². The van der Waals surface area contributed by atoms with E-state index in [9.17, 15) is 0 Å². The average Bonchev–Trinajstić information content (AvgIpc) is 3.18. The van der Waals surface area contributed by atoms with Crippen molar-refractivity contribution in [1.82, 2.24) is 0 Å². The Hall–Kier alpha value is -6.44. The van der Waals surface area contributed by atoms with Crippen molar-refractivity contribution in [2.24, 2.45) is 0 Å². The third-order valence-electron chi connectivity index (χ3n) is 9.64. The molecule has 1 nitrogen and oxygen atoms in total. The molecule has 9 aromatic rings. The molecule has 0 heterocycles. The summed E-state index contributed by atoms with van der Waals surface area (Å²) in [6.07, 6.45) is 0. The second-order valence-corrected chi connectivity index (χ2v) is 12.5. The van der Waals surface area contributed by atoms with Gasteiger partial charge >= 0.3 is 0 Å². The van der Waals surface area contributed by atoms with Crippen molar-refractivity contribution in [3.8, 4) is 33.4 Å². The van der Waals surface area contributed by atoms with Gasteiger partial charge in [0.25, 0.3) is 0 Å². The smallest absolute Gasteiger partial charge is 0.0540 e. The van der Waals surface area contributed by atoms with Crippen molar-refractivity contribution in [3.05, 3.63) is 200 Å². The highest BCUT2D eigenvalue weighted by Gasteiger charge is 2.21. The zero-order valence-electron chi connectivity index (χ0n) is 27.0. The first-order chi connectivity index (χ1) is 24.3. The van der Waals surface area contributed by atoms with E-state index in [4.69, 9.17) is 0 Å². The maximum absolute atomic E-state index is 2.44. The minimum Gasteiger partial charge on any atom is -0.309 e. The van der Waals surface area contributed by atoms with E-state index in [1.807, 2.05) is 0 Å². The number of nitrogens with zero attached hydrogens (tertiary/aromatic N) is 1. The normalized spacial score (nSPS) is 11.3. The van der Waals surface area contributed by atoms with Crippen molar-refractivity contribution in [2.75, 3.05) is 4.90 Å². The molecule has 49 heavy (non-hydrogen) atoms. The van der Waals surface area contributed by atoms with Gasteiger partial charge in [0.15, 0.2) is 0 Å². The lowest BCUT2D eigenvalue weighted by molar-refractivity contribution is 1.28. The van der Waals surface area contributed by atoms with Crippen LogP contribution in [0.5, 0.6) is 0 Å². The summed E-state index contributed by atoms with van der Waals surface area (Å²) in [6, 6.07) is 72.5. The molecular weight excluding hydrogens is 591 g/mol. The van der Waals surface area contributed by atoms with Gasteiger partial charge in [-0.25, -0.2) is 0 Å². The van der Waals surface area contributed by atoms with E-state index >= 15 is 0 Å². The van der Waals surface area contributed by atoms with Gasteiger partial charge in [0, 0.05) is 16.8 Å². The highest BCUT2D eigenvalue weighted by atomic mass is 15.1. The molecule has 0 aliphatic heterocycles. The molecule has 9 aromatic carbocycles. The Labute approximate surface area is 287 Å². The van der Waals surface area contributed by atoms with Crippen molar-refractivity contribution < 1.29 is 0 Å². The average molecular weight is 624 g/mol. The molecule has 1 heteroatoms. The summed E-state index contributed by atoms with van der Waals surface area (Å²) < 4.78 is 0. The number of fused-ring (bicyclic) bond motifs is 4. The second-order valence-electron chi connectivity index (χ2n) is 12.5. The van der Waals surface area contributed by atoms with Crippen LogP contribution in [-0.4, -0.2) is 0 Å². The summed E-state index contributed by atoms with van der Waals surface area (Å²) in [5.74, 6) is 0. The van der Waals surface area contributed by atoms with Crippen LogP contribution in [-0.2, 0) is 0 Å². The standard InChI is InChI=1S/C48H33N/c1-2-15-36(16-3-1)42-20-10-12-24-47(42)49(40-30-28-35(29-31-40)38-27-26-34-14-4-5-17-37(34)32-38)48-25-13-11-23-45(48)46-33-39-18-6-7-19-41(39)43-21-8-9-22-44(43)46/h1-33H. The zero-order chi connectivity index (χ0) is 32.6. The molecule has 0 bridgehead atoms. The van der Waals surface area contributed by atoms with Crippen molar-refractivity contribution in [3.63, 3.8) is 0 Å². The molecule has 0 spiro atoms. The van der Waals surface area contributed by atoms with Crippen LogP contribution in [0.15, 0.2) is 200 Å². The fraction of sp³-hybridized carbons (Fsp3) is 0. The van der Waals surface area contributed by atoms with Crippen LogP contribution in [0.2, 0.25) is 0 Å². The molecule has 0 unspecified atom stereocenters. The number of hydrogen-bond acceptors (Lipinski definition) is 1. The van der Waals surface area contributed by atoms with Crippen LogP contribution in [0.3, 0.4) is 0 Å². The van der Waals surface area contributed by atoms with Crippen molar-refractivity contribution in [2.45, 2.75) is 0 Å². The first-order valence-electron chi connectivity index (χ1n) is 16.9. The van der Waals surface area contributed by atoms with Gasteiger partial charge in [0.2, 0.25) is 0 Å². The van der Waals surface area contributed by atoms with Crippen LogP contribution in [0.1, 0.15) is 0 Å². The minimum absolute atomic E-state index is 1.10. The summed E-state index contributed by atoms with van der Waals surface area (Å²) in [4.78, 5) is 2.44. The molecule has 0 fully saturated rings. The Morgan fingerprint density at radius 2 is 0.816 bits per heavy atom. The number of para-hydroxylation sites is 2. The molecule has 0 aromatic heterocycles. The molecule has 0 saturated carbocycles. The Morgan fingerprint density at radius 1 is 0.265 bits per heavy atom. The largest absolute Gasteiger partial charge is 0.309 e. The number of benzene rings is 9. The summed E-state index contributed by atoms with van der Waals surface area (Å²) in [5.41, 5.74) is 10.5. The van der Waals surface area contributed by atoms with E-state index in [1.54, 1.807) is 0 Å². The first-order valence-corrected chi connectivity index (χ1v) is 16.9. The van der Waals surface area contributed by atoms with Gasteiger partial charge in [-0.05, 0) is 91.0 Å². The van der Waals surface area contributed by atoms with Crippen LogP contribution in [0.4, 0.5) is 17.1 Å². The number of anilines is 3. The molecule has 0 aliphatic carbocycles. The molecule has 0 radical (unpaired) electrons. The highest BCUT2D eigenvalue weighted by Crippen LogP contribution is 2.46.